The van der Waals surface area contributed by atoms with Crippen molar-refractivity contribution in [2.75, 3.05) is 31.1 Å². The van der Waals surface area contributed by atoms with Gasteiger partial charge in [-0.1, -0.05) is 0 Å². The molecule has 0 saturated carbocycles. The lowest BCUT2D eigenvalue weighted by atomic mass is 10.0. The van der Waals surface area contributed by atoms with Gasteiger partial charge in [0.2, 0.25) is 0 Å². The van der Waals surface area contributed by atoms with Crippen LogP contribution in [0.1, 0.15) is 27.7 Å². The molecule has 0 radical (unpaired) electrons. The third-order valence-electron chi connectivity index (χ3n) is 5.28. The summed E-state index contributed by atoms with van der Waals surface area (Å²) in [4.78, 5) is 30.1. The van der Waals surface area contributed by atoms with E-state index in [0.717, 1.165) is 49.7 Å². The number of aromatic nitrogens is 4. The number of nitrogens with one attached hydrogen (secondary N) is 1. The number of amides is 2. The summed E-state index contributed by atoms with van der Waals surface area (Å²) < 4.78 is 2.04. The van der Waals surface area contributed by atoms with E-state index in [1.807, 2.05) is 36.6 Å². The molecule has 26 heavy (non-hydrogen) atoms. The largest absolute Gasteiger partial charge is 0.354 e. The van der Waals surface area contributed by atoms with Gasteiger partial charge >= 0.3 is 6.03 Å². The summed E-state index contributed by atoms with van der Waals surface area (Å²) in [6, 6.07) is 0.0459. The van der Waals surface area contributed by atoms with Crippen LogP contribution < -0.4 is 10.2 Å². The van der Waals surface area contributed by atoms with Gasteiger partial charge in [-0.2, -0.15) is 0 Å². The Labute approximate surface area is 153 Å². The van der Waals surface area contributed by atoms with Crippen molar-refractivity contribution < 1.29 is 4.79 Å². The second kappa shape index (κ2) is 6.10. The van der Waals surface area contributed by atoms with Crippen molar-refractivity contribution >= 4 is 23.0 Å². The van der Waals surface area contributed by atoms with E-state index >= 15 is 0 Å². The average molecular weight is 357 g/mol. The van der Waals surface area contributed by atoms with Crippen molar-refractivity contribution in [3.8, 4) is 0 Å². The molecule has 2 unspecified atom stereocenters. The summed E-state index contributed by atoms with van der Waals surface area (Å²) in [6.45, 7) is 12.4. The van der Waals surface area contributed by atoms with E-state index in [1.165, 1.54) is 0 Å². The molecule has 8 nitrogen and oxygen atoms in total. The van der Waals surface area contributed by atoms with Crippen LogP contribution in [0.15, 0.2) is 12.7 Å². The fraction of sp³-hybridized carbons (Fsp3) is 0.667. The first-order chi connectivity index (χ1) is 12.4. The Balaban J connectivity index is 1.47. The van der Waals surface area contributed by atoms with Crippen LogP contribution in [0.2, 0.25) is 0 Å². The quantitative estimate of drug-likeness (QED) is 0.885. The van der Waals surface area contributed by atoms with Crippen LogP contribution in [-0.4, -0.2) is 62.2 Å². The Morgan fingerprint density at radius 3 is 2.46 bits per heavy atom. The molecule has 0 aromatic carbocycles. The van der Waals surface area contributed by atoms with Gasteiger partial charge in [-0.3, -0.25) is 0 Å². The Morgan fingerprint density at radius 1 is 1.15 bits per heavy atom. The molecule has 0 spiro atoms. The second-order valence-corrected chi connectivity index (χ2v) is 8.41. The van der Waals surface area contributed by atoms with E-state index < -0.39 is 0 Å². The molecule has 2 aromatic rings. The van der Waals surface area contributed by atoms with E-state index in [2.05, 4.69) is 32.1 Å². The van der Waals surface area contributed by atoms with Crippen molar-refractivity contribution in [1.82, 2.24) is 29.7 Å². The molecule has 2 amide bonds. The average Bonchev–Trinajstić information content (AvgIpc) is 3.24. The number of hydrogen-bond donors (Lipinski definition) is 1. The Hall–Kier alpha value is -2.38. The van der Waals surface area contributed by atoms with Gasteiger partial charge in [-0.25, -0.2) is 19.7 Å². The van der Waals surface area contributed by atoms with Crippen LogP contribution >= 0.6 is 0 Å². The molecule has 2 aliphatic rings. The number of carbonyl (C=O) groups is 1. The lowest BCUT2D eigenvalue weighted by Crippen LogP contribution is -2.48. The number of hydrogen-bond acceptors (Lipinski definition) is 5. The topological polar surface area (TPSA) is 79.2 Å². The number of imidazole rings is 1. The first-order valence-corrected chi connectivity index (χ1v) is 9.33. The van der Waals surface area contributed by atoms with Crippen molar-refractivity contribution in [1.29, 1.82) is 0 Å². The highest BCUT2D eigenvalue weighted by Crippen LogP contribution is 2.35. The zero-order valence-corrected chi connectivity index (χ0v) is 15.9. The van der Waals surface area contributed by atoms with Crippen LogP contribution in [0, 0.1) is 11.8 Å². The van der Waals surface area contributed by atoms with Crippen LogP contribution in [0.4, 0.5) is 10.6 Å². The molecule has 4 heterocycles. The molecule has 2 fully saturated rings. The SMILES string of the molecule is CCn1cnc2c(N3CC4CN(C(=O)NC(C)(C)C)CC4C3)ncnc21. The minimum Gasteiger partial charge on any atom is -0.354 e. The lowest BCUT2D eigenvalue weighted by molar-refractivity contribution is 0.196. The summed E-state index contributed by atoms with van der Waals surface area (Å²) in [5.74, 6) is 1.89. The van der Waals surface area contributed by atoms with Crippen molar-refractivity contribution in [3.63, 3.8) is 0 Å². The summed E-state index contributed by atoms with van der Waals surface area (Å²) in [5.41, 5.74) is 1.56. The lowest BCUT2D eigenvalue weighted by Gasteiger charge is -2.27. The number of likely N-dealkylation sites (tertiary alicyclic amines) is 1. The van der Waals surface area contributed by atoms with E-state index in [1.54, 1.807) is 6.33 Å². The monoisotopic (exact) mass is 357 g/mol. The summed E-state index contributed by atoms with van der Waals surface area (Å²) in [5, 5.41) is 3.07. The Bertz CT molecular complexity index is 811. The minimum absolute atomic E-state index is 0.0459. The predicted molar refractivity (Wildman–Crippen MR) is 100 cm³/mol. The molecular weight excluding hydrogens is 330 g/mol. The predicted octanol–water partition coefficient (Wildman–Crippen LogP) is 1.72. The molecule has 0 aliphatic carbocycles. The number of nitrogens with zero attached hydrogens (tertiary/aromatic N) is 6. The Kier molecular flexibility index (Phi) is 4.00. The summed E-state index contributed by atoms with van der Waals surface area (Å²) in [7, 11) is 0. The van der Waals surface area contributed by atoms with Crippen molar-refractivity contribution in [3.05, 3.63) is 12.7 Å². The zero-order valence-electron chi connectivity index (χ0n) is 15.9. The van der Waals surface area contributed by atoms with Crippen LogP contribution in [0.5, 0.6) is 0 Å². The maximum absolute atomic E-state index is 12.4. The van der Waals surface area contributed by atoms with Crippen molar-refractivity contribution in [2.45, 2.75) is 39.8 Å². The van der Waals surface area contributed by atoms with E-state index in [4.69, 9.17) is 0 Å². The molecule has 140 valence electrons. The number of carbonyl (C=O) groups excluding carboxylic acids is 1. The number of fused-ring (bicyclic) bond motifs is 2. The first-order valence-electron chi connectivity index (χ1n) is 9.33. The van der Waals surface area contributed by atoms with Gasteiger partial charge in [0.1, 0.15) is 6.33 Å². The molecule has 2 aromatic heterocycles. The zero-order chi connectivity index (χ0) is 18.5. The summed E-state index contributed by atoms with van der Waals surface area (Å²) in [6.07, 6.45) is 3.46. The number of anilines is 1. The highest BCUT2D eigenvalue weighted by atomic mass is 16.2. The van der Waals surface area contributed by atoms with Gasteiger partial charge in [0.05, 0.1) is 6.33 Å². The van der Waals surface area contributed by atoms with Crippen molar-refractivity contribution in [2.24, 2.45) is 11.8 Å². The number of urea groups is 1. The normalized spacial score (nSPS) is 22.9. The second-order valence-electron chi connectivity index (χ2n) is 8.41. The fourth-order valence-electron chi connectivity index (χ4n) is 4.06. The van der Waals surface area contributed by atoms with Crippen LogP contribution in [0.3, 0.4) is 0 Å². The third kappa shape index (κ3) is 2.97. The number of aryl methyl sites for hydroxylation is 1. The highest BCUT2D eigenvalue weighted by molar-refractivity contribution is 5.83. The highest BCUT2D eigenvalue weighted by Gasteiger charge is 2.42. The van der Waals surface area contributed by atoms with Gasteiger partial charge in [0.15, 0.2) is 17.0 Å². The van der Waals surface area contributed by atoms with Gasteiger partial charge < -0.3 is 19.7 Å². The van der Waals surface area contributed by atoms with Crippen LogP contribution in [-0.2, 0) is 6.54 Å². The summed E-state index contributed by atoms with van der Waals surface area (Å²) >= 11 is 0. The molecule has 2 saturated heterocycles. The molecular formula is C18H27N7O. The third-order valence-corrected chi connectivity index (χ3v) is 5.28. The molecule has 1 N–H and O–H groups in total. The fourth-order valence-corrected chi connectivity index (χ4v) is 4.06. The molecule has 4 rings (SSSR count). The standard InChI is InChI=1S/C18H27N7O/c1-5-23-11-21-14-15(23)19-10-20-16(14)24-6-12-8-25(9-13(12)7-24)17(26)22-18(2,3)4/h10-13H,5-9H2,1-4H3,(H,22,26). The smallest absolute Gasteiger partial charge is 0.317 e. The van der Waals surface area contributed by atoms with E-state index in [0.29, 0.717) is 11.8 Å². The van der Waals surface area contributed by atoms with E-state index in [-0.39, 0.29) is 11.6 Å². The Morgan fingerprint density at radius 2 is 1.85 bits per heavy atom. The first kappa shape index (κ1) is 17.1. The van der Waals surface area contributed by atoms with E-state index in [9.17, 15) is 4.79 Å². The van der Waals surface area contributed by atoms with Gasteiger partial charge in [0.25, 0.3) is 0 Å². The maximum atomic E-state index is 12.4. The molecule has 0 bridgehead atoms. The van der Waals surface area contributed by atoms with Gasteiger partial charge in [0, 0.05) is 50.1 Å². The molecule has 2 aliphatic heterocycles. The number of rotatable bonds is 2. The maximum Gasteiger partial charge on any atom is 0.317 e. The molecule has 8 heteroatoms. The van der Waals surface area contributed by atoms with Gasteiger partial charge in [-0.15, -0.1) is 0 Å². The minimum atomic E-state index is -0.203. The van der Waals surface area contributed by atoms with Gasteiger partial charge in [-0.05, 0) is 27.7 Å². The van der Waals surface area contributed by atoms with Crippen LogP contribution in [0.25, 0.3) is 11.2 Å². The molecule has 2 atom stereocenters.